The van der Waals surface area contributed by atoms with Gasteiger partial charge in [0.15, 0.2) is 5.65 Å². The average Bonchev–Trinajstić information content (AvgIpc) is 3.03. The van der Waals surface area contributed by atoms with E-state index in [1.807, 2.05) is 31.2 Å². The summed E-state index contributed by atoms with van der Waals surface area (Å²) in [6.07, 6.45) is 0.0420. The number of nitrogens with one attached hydrogen (secondary N) is 1. The molecule has 3 N–H and O–H groups in total. The second-order valence-electron chi connectivity index (χ2n) is 6.97. The first-order valence-electron chi connectivity index (χ1n) is 9.50. The smallest absolute Gasteiger partial charge is 0.160 e. The third kappa shape index (κ3) is 3.56. The van der Waals surface area contributed by atoms with Crippen molar-refractivity contribution in [3.63, 3.8) is 0 Å². The molecule has 2 aromatic carbocycles. The number of aryl methyl sites for hydroxylation is 1. The van der Waals surface area contributed by atoms with E-state index in [0.717, 1.165) is 40.6 Å². The van der Waals surface area contributed by atoms with Gasteiger partial charge in [-0.15, -0.1) is 0 Å². The number of fused-ring (bicyclic) bond motifs is 2. The minimum atomic E-state index is -0.870. The van der Waals surface area contributed by atoms with Crippen LogP contribution < -0.4 is 5.32 Å². The van der Waals surface area contributed by atoms with Gasteiger partial charge in [-0.3, -0.25) is 0 Å². The summed E-state index contributed by atoms with van der Waals surface area (Å²) in [5.74, 6) is 0. The second-order valence-corrected chi connectivity index (χ2v) is 6.97. The maximum Gasteiger partial charge on any atom is 0.160 e. The molecule has 0 saturated heterocycles. The van der Waals surface area contributed by atoms with Gasteiger partial charge in [0.1, 0.15) is 0 Å². The topological polar surface area (TPSA) is 83.2 Å². The number of para-hydroxylation sites is 1. The monoisotopic (exact) mass is 376 g/mol. The summed E-state index contributed by atoms with van der Waals surface area (Å²) in [7, 11) is 0. The van der Waals surface area contributed by atoms with Crippen molar-refractivity contribution in [2.45, 2.75) is 26.0 Å². The minimum Gasteiger partial charge on any atom is -0.394 e. The van der Waals surface area contributed by atoms with Crippen molar-refractivity contribution in [1.82, 2.24) is 14.8 Å². The molecule has 6 heteroatoms. The second kappa shape index (κ2) is 7.96. The van der Waals surface area contributed by atoms with Crippen LogP contribution in [0.25, 0.3) is 21.9 Å². The number of hydrogen-bond acceptors (Lipinski definition) is 5. The number of pyridine rings is 1. The van der Waals surface area contributed by atoms with Gasteiger partial charge in [0, 0.05) is 11.9 Å². The summed E-state index contributed by atoms with van der Waals surface area (Å²) in [5, 5.41) is 29.2. The minimum absolute atomic E-state index is 0.204. The number of rotatable bonds is 7. The molecule has 0 amide bonds. The molecule has 6 nitrogen and oxygen atoms in total. The number of nitrogens with zero attached hydrogens (tertiary/aromatic N) is 3. The lowest BCUT2D eigenvalue weighted by Gasteiger charge is -2.13. The highest BCUT2D eigenvalue weighted by Crippen LogP contribution is 2.33. The van der Waals surface area contributed by atoms with Gasteiger partial charge in [-0.05, 0) is 25.0 Å². The van der Waals surface area contributed by atoms with Gasteiger partial charge in [0.05, 0.1) is 41.5 Å². The summed E-state index contributed by atoms with van der Waals surface area (Å²) in [5.41, 5.74) is 4.73. The van der Waals surface area contributed by atoms with Crippen LogP contribution in [0.4, 0.5) is 5.69 Å². The molecule has 4 rings (SSSR count). The van der Waals surface area contributed by atoms with Gasteiger partial charge in [-0.2, -0.15) is 5.10 Å². The number of anilines is 1. The van der Waals surface area contributed by atoms with Gasteiger partial charge in [0.2, 0.25) is 0 Å². The van der Waals surface area contributed by atoms with E-state index in [-0.39, 0.29) is 13.2 Å². The van der Waals surface area contributed by atoms with Gasteiger partial charge < -0.3 is 15.5 Å². The molecule has 28 heavy (non-hydrogen) atoms. The first kappa shape index (κ1) is 18.4. The summed E-state index contributed by atoms with van der Waals surface area (Å²) < 4.78 is 1.68. The van der Waals surface area contributed by atoms with Crippen molar-refractivity contribution < 1.29 is 10.2 Å². The van der Waals surface area contributed by atoms with E-state index < -0.39 is 6.10 Å². The Hall–Kier alpha value is -2.96. The normalized spacial score (nSPS) is 12.5. The zero-order chi connectivity index (χ0) is 19.5. The van der Waals surface area contributed by atoms with Crippen molar-refractivity contribution in [2.75, 3.05) is 18.5 Å². The fraction of sp³-hybridized carbons (Fsp3) is 0.273. The van der Waals surface area contributed by atoms with Crippen molar-refractivity contribution in [2.24, 2.45) is 0 Å². The summed E-state index contributed by atoms with van der Waals surface area (Å²) >= 11 is 0. The molecule has 0 spiro atoms. The number of aliphatic hydroxyl groups is 2. The fourth-order valence-electron chi connectivity index (χ4n) is 3.55. The summed E-state index contributed by atoms with van der Waals surface area (Å²) in [6.45, 7) is 2.63. The number of aliphatic hydroxyl groups excluding tert-OH is 2. The van der Waals surface area contributed by atoms with Crippen molar-refractivity contribution >= 4 is 27.6 Å². The average molecular weight is 376 g/mol. The van der Waals surface area contributed by atoms with Crippen molar-refractivity contribution in [3.05, 3.63) is 65.9 Å². The van der Waals surface area contributed by atoms with Gasteiger partial charge in [-0.1, -0.05) is 48.5 Å². The van der Waals surface area contributed by atoms with E-state index in [4.69, 9.17) is 4.98 Å². The Labute approximate surface area is 163 Å². The molecule has 0 bridgehead atoms. The number of aromatic nitrogens is 3. The van der Waals surface area contributed by atoms with E-state index in [0.29, 0.717) is 5.65 Å². The molecule has 4 aromatic rings. The molecule has 1 unspecified atom stereocenters. The Morgan fingerprint density at radius 3 is 2.61 bits per heavy atom. The molecule has 1 atom stereocenters. The molecule has 2 heterocycles. The van der Waals surface area contributed by atoms with Crippen LogP contribution in [0.1, 0.15) is 11.3 Å². The van der Waals surface area contributed by atoms with Crippen LogP contribution >= 0.6 is 0 Å². The molecule has 0 aliphatic heterocycles. The number of hydrogen-bond donors (Lipinski definition) is 3. The number of benzene rings is 2. The van der Waals surface area contributed by atoms with Crippen LogP contribution in [0.15, 0.2) is 54.6 Å². The lowest BCUT2D eigenvalue weighted by Crippen LogP contribution is -2.20. The molecule has 0 aliphatic rings. The summed E-state index contributed by atoms with van der Waals surface area (Å²) in [6, 6.07) is 18.4. The van der Waals surface area contributed by atoms with Crippen LogP contribution in [0, 0.1) is 6.92 Å². The lowest BCUT2D eigenvalue weighted by molar-refractivity contribution is 0.0791. The maximum absolute atomic E-state index is 9.88. The molecule has 0 saturated carbocycles. The molecular formula is C22H24N4O2. The van der Waals surface area contributed by atoms with Crippen LogP contribution in [0.5, 0.6) is 0 Å². The first-order valence-corrected chi connectivity index (χ1v) is 9.50. The quantitative estimate of drug-likeness (QED) is 0.462. The van der Waals surface area contributed by atoms with E-state index in [1.54, 1.807) is 4.68 Å². The van der Waals surface area contributed by atoms with E-state index in [1.165, 1.54) is 5.56 Å². The largest absolute Gasteiger partial charge is 0.394 e. The van der Waals surface area contributed by atoms with Crippen LogP contribution in [0.3, 0.4) is 0 Å². The summed E-state index contributed by atoms with van der Waals surface area (Å²) in [4.78, 5) is 4.78. The van der Waals surface area contributed by atoms with Crippen molar-refractivity contribution in [3.8, 4) is 0 Å². The highest BCUT2D eigenvalue weighted by Gasteiger charge is 2.18. The van der Waals surface area contributed by atoms with Crippen LogP contribution in [-0.4, -0.2) is 44.2 Å². The SMILES string of the molecule is Cc1nn(CC(O)CO)c2nc3ccccc3c(NCCc3ccccc3)c12. The zero-order valence-electron chi connectivity index (χ0n) is 15.8. The van der Waals surface area contributed by atoms with E-state index in [9.17, 15) is 10.2 Å². The van der Waals surface area contributed by atoms with Gasteiger partial charge in [0.25, 0.3) is 0 Å². The molecule has 0 radical (unpaired) electrons. The predicted octanol–water partition coefficient (Wildman–Crippen LogP) is 2.90. The predicted molar refractivity (Wildman–Crippen MR) is 111 cm³/mol. The van der Waals surface area contributed by atoms with E-state index >= 15 is 0 Å². The molecule has 2 aromatic heterocycles. The van der Waals surface area contributed by atoms with Gasteiger partial charge in [-0.25, -0.2) is 9.67 Å². The Bertz CT molecular complexity index is 1090. The van der Waals surface area contributed by atoms with Crippen LogP contribution in [-0.2, 0) is 13.0 Å². The van der Waals surface area contributed by atoms with Crippen LogP contribution in [0.2, 0.25) is 0 Å². The van der Waals surface area contributed by atoms with Crippen molar-refractivity contribution in [1.29, 1.82) is 0 Å². The fourth-order valence-corrected chi connectivity index (χ4v) is 3.55. The molecular weight excluding hydrogens is 352 g/mol. The zero-order valence-corrected chi connectivity index (χ0v) is 15.8. The Morgan fingerprint density at radius 2 is 1.82 bits per heavy atom. The lowest BCUT2D eigenvalue weighted by atomic mass is 10.1. The highest BCUT2D eigenvalue weighted by atomic mass is 16.3. The Balaban J connectivity index is 1.75. The van der Waals surface area contributed by atoms with Gasteiger partial charge >= 0.3 is 0 Å². The maximum atomic E-state index is 9.88. The Kier molecular flexibility index (Phi) is 5.23. The molecule has 0 aliphatic carbocycles. The third-order valence-corrected chi connectivity index (χ3v) is 4.90. The standard InChI is InChI=1S/C22H24N4O2/c1-15-20-21(23-12-11-16-7-3-2-4-8-16)18-9-5-6-10-19(18)24-22(20)26(25-15)13-17(28)14-27/h2-10,17,27-28H,11-14H2,1H3,(H,23,24). The molecule has 0 fully saturated rings. The Morgan fingerprint density at radius 1 is 1.07 bits per heavy atom. The molecule has 144 valence electrons. The van der Waals surface area contributed by atoms with E-state index in [2.05, 4.69) is 40.7 Å². The first-order chi connectivity index (χ1) is 13.7. The third-order valence-electron chi connectivity index (χ3n) is 4.90. The highest BCUT2D eigenvalue weighted by molar-refractivity contribution is 6.07.